The van der Waals surface area contributed by atoms with Crippen LogP contribution in [-0.4, -0.2) is 81.5 Å². The number of benzene rings is 1. The van der Waals surface area contributed by atoms with Gasteiger partial charge in [0.2, 0.25) is 0 Å². The molecule has 4 heterocycles. The number of anilines is 3. The molecule has 40 heavy (non-hydrogen) atoms. The quantitative estimate of drug-likeness (QED) is 0.540. The number of allylic oxidation sites excluding steroid dienone is 1. The zero-order chi connectivity index (χ0) is 28.4. The number of amides is 1. The van der Waals surface area contributed by atoms with Gasteiger partial charge in [-0.2, -0.15) is 13.2 Å². The van der Waals surface area contributed by atoms with Gasteiger partial charge in [0.15, 0.2) is 11.6 Å². The third-order valence-corrected chi connectivity index (χ3v) is 7.14. The van der Waals surface area contributed by atoms with Crippen LogP contribution >= 0.6 is 0 Å². The first kappa shape index (κ1) is 27.7. The van der Waals surface area contributed by atoms with Gasteiger partial charge in [-0.1, -0.05) is 12.6 Å². The summed E-state index contributed by atoms with van der Waals surface area (Å²) in [5.74, 6) is -1.26. The zero-order valence-corrected chi connectivity index (χ0v) is 22.0. The third kappa shape index (κ3) is 5.82. The van der Waals surface area contributed by atoms with Gasteiger partial charge in [0.25, 0.3) is 5.91 Å². The van der Waals surface area contributed by atoms with Gasteiger partial charge in [0.05, 0.1) is 35.7 Å². The number of hydrogen-bond donors (Lipinski definition) is 2. The number of dihydropyridines is 1. The molecule has 0 atom stereocenters. The Morgan fingerprint density at radius 3 is 2.50 bits per heavy atom. The van der Waals surface area contributed by atoms with E-state index < -0.39 is 29.0 Å². The summed E-state index contributed by atoms with van der Waals surface area (Å²) < 4.78 is 62.4. The van der Waals surface area contributed by atoms with Crippen LogP contribution in [0.4, 0.5) is 34.8 Å². The van der Waals surface area contributed by atoms with Gasteiger partial charge in [-0.3, -0.25) is 4.79 Å². The molecule has 0 bridgehead atoms. The van der Waals surface area contributed by atoms with Crippen LogP contribution in [0.5, 0.6) is 0 Å². The van der Waals surface area contributed by atoms with Crippen LogP contribution in [0.25, 0.3) is 11.1 Å². The molecule has 5 rings (SSSR count). The van der Waals surface area contributed by atoms with Crippen LogP contribution in [0, 0.1) is 5.82 Å². The van der Waals surface area contributed by atoms with Crippen LogP contribution in [0.2, 0.25) is 0 Å². The fraction of sp³-hybridized carbons (Fsp3) is 0.357. The van der Waals surface area contributed by atoms with E-state index in [1.807, 2.05) is 11.9 Å². The minimum Gasteiger partial charge on any atom is -0.378 e. The Morgan fingerprint density at radius 2 is 1.80 bits per heavy atom. The van der Waals surface area contributed by atoms with Gasteiger partial charge >= 0.3 is 6.18 Å². The summed E-state index contributed by atoms with van der Waals surface area (Å²) in [6.07, 6.45) is -1.45. The SMILES string of the molecule is C=C1C=C(C(F)(F)F)C(C(=O)Nc2cc(-c3ccnc(N4CCOCC4)c3F)ccc2N2CCN(C)CC2)=CN1. The van der Waals surface area contributed by atoms with Gasteiger partial charge in [0, 0.05) is 62.9 Å². The number of hydrogen-bond acceptors (Lipinski definition) is 7. The Kier molecular flexibility index (Phi) is 7.81. The number of pyridine rings is 1. The highest BCUT2D eigenvalue weighted by molar-refractivity contribution is 6.09. The maximum absolute atomic E-state index is 15.7. The van der Waals surface area contributed by atoms with Crippen molar-refractivity contribution < 1.29 is 27.1 Å². The van der Waals surface area contributed by atoms with Crippen LogP contribution in [-0.2, 0) is 9.53 Å². The molecule has 0 saturated carbocycles. The number of aromatic nitrogens is 1. The fourth-order valence-corrected chi connectivity index (χ4v) is 4.93. The molecule has 0 radical (unpaired) electrons. The van der Waals surface area contributed by atoms with Crippen molar-refractivity contribution in [2.45, 2.75) is 6.18 Å². The van der Waals surface area contributed by atoms with Gasteiger partial charge < -0.3 is 30.1 Å². The van der Waals surface area contributed by atoms with E-state index >= 15 is 4.39 Å². The highest BCUT2D eigenvalue weighted by Crippen LogP contribution is 2.37. The Labute approximate surface area is 229 Å². The number of alkyl halides is 3. The second-order valence-electron chi connectivity index (χ2n) is 9.86. The van der Waals surface area contributed by atoms with E-state index in [9.17, 15) is 18.0 Å². The maximum Gasteiger partial charge on any atom is 0.417 e. The van der Waals surface area contributed by atoms with Crippen LogP contribution < -0.4 is 20.4 Å². The largest absolute Gasteiger partial charge is 0.417 e. The molecule has 2 fully saturated rings. The number of halogens is 4. The Morgan fingerprint density at radius 1 is 1.07 bits per heavy atom. The first-order chi connectivity index (χ1) is 19.1. The molecule has 1 aromatic heterocycles. The van der Waals surface area contributed by atoms with Crippen molar-refractivity contribution in [3.63, 3.8) is 0 Å². The monoisotopic (exact) mass is 558 g/mol. The standard InChI is InChI=1S/C28H30F4N6O2/c1-18-15-22(28(30,31)32)21(17-34-18)27(39)35-23-16-19(3-4-24(23)37-9-7-36(2)8-10-37)20-5-6-33-26(25(20)29)38-11-13-40-14-12-38/h3-6,15-17,34H,1,7-14H2,2H3,(H,35,39). The summed E-state index contributed by atoms with van der Waals surface area (Å²) >= 11 is 0. The second kappa shape index (κ2) is 11.3. The van der Waals surface area contributed by atoms with E-state index in [2.05, 4.69) is 32.0 Å². The van der Waals surface area contributed by atoms with Crippen molar-refractivity contribution in [3.8, 4) is 11.1 Å². The Balaban J connectivity index is 1.51. The van der Waals surface area contributed by atoms with Crippen LogP contribution in [0.15, 0.2) is 66.2 Å². The summed E-state index contributed by atoms with van der Waals surface area (Å²) in [7, 11) is 2.00. The van der Waals surface area contributed by atoms with E-state index in [0.717, 1.165) is 25.4 Å². The van der Waals surface area contributed by atoms with Gasteiger partial charge in [0.1, 0.15) is 0 Å². The van der Waals surface area contributed by atoms with Crippen molar-refractivity contribution >= 4 is 23.1 Å². The molecular formula is C28H30F4N6O2. The smallest absolute Gasteiger partial charge is 0.378 e. The van der Waals surface area contributed by atoms with E-state index in [0.29, 0.717) is 50.6 Å². The molecule has 8 nitrogen and oxygen atoms in total. The second-order valence-corrected chi connectivity index (χ2v) is 9.86. The molecule has 0 spiro atoms. The number of morpholine rings is 1. The minimum absolute atomic E-state index is 0.0215. The van der Waals surface area contributed by atoms with Crippen molar-refractivity contribution in [2.75, 3.05) is 74.6 Å². The summed E-state index contributed by atoms with van der Waals surface area (Å²) in [6.45, 7) is 8.30. The number of rotatable bonds is 5. The number of ether oxygens (including phenoxy) is 1. The molecule has 1 amide bonds. The molecule has 1 aromatic carbocycles. The lowest BCUT2D eigenvalue weighted by Gasteiger charge is -2.35. The first-order valence-electron chi connectivity index (χ1n) is 12.9. The predicted octanol–water partition coefficient (Wildman–Crippen LogP) is 3.90. The Hall–Kier alpha value is -3.90. The third-order valence-electron chi connectivity index (χ3n) is 7.14. The van der Waals surface area contributed by atoms with Gasteiger partial charge in [-0.25, -0.2) is 9.37 Å². The Bertz CT molecular complexity index is 1360. The number of piperazine rings is 1. The molecular weight excluding hydrogens is 528 g/mol. The van der Waals surface area contributed by atoms with Gasteiger partial charge in [-0.15, -0.1) is 0 Å². The molecule has 2 N–H and O–H groups in total. The molecule has 2 aromatic rings. The number of carbonyl (C=O) groups excluding carboxylic acids is 1. The molecule has 12 heteroatoms. The normalized spacial score (nSPS) is 18.7. The van der Waals surface area contributed by atoms with Crippen molar-refractivity contribution in [3.05, 3.63) is 72.0 Å². The average molecular weight is 559 g/mol. The zero-order valence-electron chi connectivity index (χ0n) is 22.0. The molecule has 0 unspecified atom stereocenters. The number of nitrogens with zero attached hydrogens (tertiary/aromatic N) is 4. The summed E-state index contributed by atoms with van der Waals surface area (Å²) in [4.78, 5) is 23.5. The topological polar surface area (TPSA) is 73.0 Å². The maximum atomic E-state index is 15.7. The van der Waals surface area contributed by atoms with Crippen LogP contribution in [0.1, 0.15) is 0 Å². The van der Waals surface area contributed by atoms with Crippen molar-refractivity contribution in [1.29, 1.82) is 0 Å². The fourth-order valence-electron chi connectivity index (χ4n) is 4.93. The lowest BCUT2D eigenvalue weighted by molar-refractivity contribution is -0.115. The summed E-state index contributed by atoms with van der Waals surface area (Å²) in [6, 6.07) is 6.65. The average Bonchev–Trinajstić information content (AvgIpc) is 2.93. The minimum atomic E-state index is -4.76. The lowest BCUT2D eigenvalue weighted by atomic mass is 10.0. The van der Waals surface area contributed by atoms with E-state index in [1.165, 1.54) is 6.20 Å². The van der Waals surface area contributed by atoms with Crippen molar-refractivity contribution in [2.24, 2.45) is 0 Å². The molecule has 3 aliphatic heterocycles. The van der Waals surface area contributed by atoms with E-state index in [-0.39, 0.29) is 22.8 Å². The number of nitrogens with one attached hydrogen (secondary N) is 2. The first-order valence-corrected chi connectivity index (χ1v) is 12.9. The molecule has 0 aliphatic carbocycles. The van der Waals surface area contributed by atoms with E-state index in [1.54, 1.807) is 24.3 Å². The lowest BCUT2D eigenvalue weighted by Crippen LogP contribution is -2.44. The summed E-state index contributed by atoms with van der Waals surface area (Å²) in [5, 5.41) is 5.26. The molecule has 212 valence electrons. The number of carbonyl (C=O) groups is 1. The highest BCUT2D eigenvalue weighted by Gasteiger charge is 2.40. The molecule has 3 aliphatic rings. The highest BCUT2D eigenvalue weighted by atomic mass is 19.4. The van der Waals surface area contributed by atoms with E-state index in [4.69, 9.17) is 4.74 Å². The molecule has 2 saturated heterocycles. The van der Waals surface area contributed by atoms with Crippen molar-refractivity contribution in [1.82, 2.24) is 15.2 Å². The summed E-state index contributed by atoms with van der Waals surface area (Å²) in [5.41, 5.74) is -0.00252. The number of likely N-dealkylation sites (N-methyl/N-ethyl adjacent to an activating group) is 1. The predicted molar refractivity (Wildman–Crippen MR) is 145 cm³/mol. The van der Waals surface area contributed by atoms with Gasteiger partial charge in [-0.05, 0) is 36.9 Å². The van der Waals surface area contributed by atoms with Crippen LogP contribution in [0.3, 0.4) is 0 Å².